The van der Waals surface area contributed by atoms with Crippen LogP contribution in [0.4, 0.5) is 0 Å². The number of carbonyl (C=O) groups is 2. The molecule has 0 N–H and O–H groups in total. The number of hydrogen-bond donors (Lipinski definition) is 0. The van der Waals surface area contributed by atoms with Gasteiger partial charge < -0.3 is 14.2 Å². The van der Waals surface area contributed by atoms with Crippen LogP contribution in [0.25, 0.3) is 0 Å². The van der Waals surface area contributed by atoms with E-state index in [1.54, 1.807) is 15.9 Å². The highest BCUT2D eigenvalue weighted by atomic mass is 16.3. The Morgan fingerprint density at radius 2 is 1.88 bits per heavy atom. The molecule has 1 fully saturated rings. The normalized spacial score (nSPS) is 15.8. The zero-order valence-electron chi connectivity index (χ0n) is 9.46. The van der Waals surface area contributed by atoms with Crippen LogP contribution in [0.15, 0.2) is 35.7 Å². The van der Waals surface area contributed by atoms with Crippen molar-refractivity contribution in [2.45, 2.75) is 0 Å². The highest BCUT2D eigenvalue weighted by Crippen LogP contribution is 2.09. The van der Waals surface area contributed by atoms with E-state index in [-0.39, 0.29) is 11.8 Å². The molecule has 5 heteroatoms. The van der Waals surface area contributed by atoms with Gasteiger partial charge in [0.25, 0.3) is 5.91 Å². The standard InChI is InChI=1S/C12H14N2O3/c1-2-11(15)13-4-6-14(7-5-13)12(16)10-3-8-17-9-10/h2-3,8-9H,1,4-7H2. The Labute approximate surface area is 99.3 Å². The van der Waals surface area contributed by atoms with Crippen LogP contribution >= 0.6 is 0 Å². The minimum Gasteiger partial charge on any atom is -0.472 e. The Hall–Kier alpha value is -2.04. The fourth-order valence-corrected chi connectivity index (χ4v) is 1.83. The lowest BCUT2D eigenvalue weighted by Crippen LogP contribution is -2.50. The van der Waals surface area contributed by atoms with Crippen molar-refractivity contribution in [3.05, 3.63) is 36.8 Å². The summed E-state index contributed by atoms with van der Waals surface area (Å²) in [5.41, 5.74) is 0.550. The van der Waals surface area contributed by atoms with E-state index in [4.69, 9.17) is 4.42 Å². The van der Waals surface area contributed by atoms with Crippen LogP contribution in [-0.2, 0) is 4.79 Å². The van der Waals surface area contributed by atoms with Crippen LogP contribution in [0.1, 0.15) is 10.4 Å². The van der Waals surface area contributed by atoms with Crippen molar-refractivity contribution >= 4 is 11.8 Å². The van der Waals surface area contributed by atoms with Crippen molar-refractivity contribution in [2.24, 2.45) is 0 Å². The molecule has 1 aromatic heterocycles. The molecule has 90 valence electrons. The van der Waals surface area contributed by atoms with E-state index in [9.17, 15) is 9.59 Å². The van der Waals surface area contributed by atoms with E-state index < -0.39 is 0 Å². The molecule has 0 saturated carbocycles. The van der Waals surface area contributed by atoms with Crippen LogP contribution < -0.4 is 0 Å². The van der Waals surface area contributed by atoms with Gasteiger partial charge in [-0.05, 0) is 12.1 Å². The van der Waals surface area contributed by atoms with Crippen molar-refractivity contribution in [1.82, 2.24) is 9.80 Å². The number of amides is 2. The van der Waals surface area contributed by atoms with E-state index in [0.717, 1.165) is 0 Å². The second-order valence-corrected chi connectivity index (χ2v) is 3.83. The molecule has 0 bridgehead atoms. The Balaban J connectivity index is 1.93. The van der Waals surface area contributed by atoms with Crippen molar-refractivity contribution in [3.8, 4) is 0 Å². The van der Waals surface area contributed by atoms with E-state index in [2.05, 4.69) is 6.58 Å². The average molecular weight is 234 g/mol. The number of piperazine rings is 1. The molecule has 2 rings (SSSR count). The molecule has 1 aromatic rings. The minimum atomic E-state index is -0.0830. The first-order chi connectivity index (χ1) is 8.22. The Bertz CT molecular complexity index is 417. The SMILES string of the molecule is C=CC(=O)N1CCN(C(=O)c2ccoc2)CC1. The van der Waals surface area contributed by atoms with Crippen molar-refractivity contribution < 1.29 is 14.0 Å². The first-order valence-corrected chi connectivity index (χ1v) is 5.45. The third-order valence-electron chi connectivity index (χ3n) is 2.82. The van der Waals surface area contributed by atoms with E-state index in [1.807, 2.05) is 0 Å². The number of hydrogen-bond acceptors (Lipinski definition) is 3. The monoisotopic (exact) mass is 234 g/mol. The van der Waals surface area contributed by atoms with Gasteiger partial charge in [-0.15, -0.1) is 0 Å². The maximum absolute atomic E-state index is 11.9. The summed E-state index contributed by atoms with van der Waals surface area (Å²) in [6.07, 6.45) is 4.21. The van der Waals surface area contributed by atoms with Crippen LogP contribution in [0.3, 0.4) is 0 Å². The first kappa shape index (κ1) is 11.4. The van der Waals surface area contributed by atoms with Crippen LogP contribution in [0, 0.1) is 0 Å². The summed E-state index contributed by atoms with van der Waals surface area (Å²) in [7, 11) is 0. The lowest BCUT2D eigenvalue weighted by atomic mass is 10.2. The minimum absolute atomic E-state index is 0.0514. The van der Waals surface area contributed by atoms with Crippen LogP contribution in [0.5, 0.6) is 0 Å². The largest absolute Gasteiger partial charge is 0.472 e. The maximum Gasteiger partial charge on any atom is 0.257 e. The zero-order valence-corrected chi connectivity index (χ0v) is 9.46. The summed E-state index contributed by atoms with van der Waals surface area (Å²) in [5.74, 6) is -0.134. The molecule has 2 heterocycles. The van der Waals surface area contributed by atoms with Gasteiger partial charge in [0, 0.05) is 26.2 Å². The van der Waals surface area contributed by atoms with Crippen molar-refractivity contribution in [2.75, 3.05) is 26.2 Å². The van der Waals surface area contributed by atoms with Crippen molar-refractivity contribution in [3.63, 3.8) is 0 Å². The highest BCUT2D eigenvalue weighted by molar-refractivity contribution is 5.94. The van der Waals surface area contributed by atoms with Crippen LogP contribution in [-0.4, -0.2) is 47.8 Å². The molecule has 0 aliphatic carbocycles. The average Bonchev–Trinajstić information content (AvgIpc) is 2.91. The molecule has 0 aromatic carbocycles. The lowest BCUT2D eigenvalue weighted by Gasteiger charge is -2.34. The van der Waals surface area contributed by atoms with Gasteiger partial charge in [0.2, 0.25) is 5.91 Å². The number of carbonyl (C=O) groups excluding carboxylic acids is 2. The Morgan fingerprint density at radius 3 is 2.41 bits per heavy atom. The highest BCUT2D eigenvalue weighted by Gasteiger charge is 2.23. The Morgan fingerprint density at radius 1 is 1.24 bits per heavy atom. The summed E-state index contributed by atoms with van der Waals surface area (Å²) in [6, 6.07) is 1.64. The fraction of sp³-hybridized carbons (Fsp3) is 0.333. The predicted octanol–water partition coefficient (Wildman–Crippen LogP) is 0.750. The number of furan rings is 1. The predicted molar refractivity (Wildman–Crippen MR) is 61.4 cm³/mol. The molecule has 1 saturated heterocycles. The lowest BCUT2D eigenvalue weighted by molar-refractivity contribution is -0.127. The van der Waals surface area contributed by atoms with E-state index >= 15 is 0 Å². The molecule has 0 spiro atoms. The van der Waals surface area contributed by atoms with Gasteiger partial charge in [-0.2, -0.15) is 0 Å². The summed E-state index contributed by atoms with van der Waals surface area (Å²) in [5, 5.41) is 0. The molecule has 1 aliphatic heterocycles. The van der Waals surface area contributed by atoms with Gasteiger partial charge in [-0.1, -0.05) is 6.58 Å². The summed E-state index contributed by atoms with van der Waals surface area (Å²) in [6.45, 7) is 5.64. The van der Waals surface area contributed by atoms with Gasteiger partial charge in [0.05, 0.1) is 11.8 Å². The first-order valence-electron chi connectivity index (χ1n) is 5.45. The third kappa shape index (κ3) is 2.38. The van der Waals surface area contributed by atoms with Gasteiger partial charge in [0.1, 0.15) is 6.26 Å². The third-order valence-corrected chi connectivity index (χ3v) is 2.82. The molecule has 0 radical (unpaired) electrons. The van der Waals surface area contributed by atoms with Crippen LogP contribution in [0.2, 0.25) is 0 Å². The van der Waals surface area contributed by atoms with Crippen molar-refractivity contribution in [1.29, 1.82) is 0 Å². The molecular formula is C12H14N2O3. The van der Waals surface area contributed by atoms with Gasteiger partial charge in [-0.25, -0.2) is 0 Å². The van der Waals surface area contributed by atoms with Gasteiger partial charge >= 0.3 is 0 Å². The zero-order chi connectivity index (χ0) is 12.3. The van der Waals surface area contributed by atoms with Gasteiger partial charge in [0.15, 0.2) is 0 Å². The summed E-state index contributed by atoms with van der Waals surface area (Å²) >= 11 is 0. The molecule has 0 atom stereocenters. The number of nitrogens with zero attached hydrogens (tertiary/aromatic N) is 2. The molecular weight excluding hydrogens is 220 g/mol. The molecule has 0 unspecified atom stereocenters. The topological polar surface area (TPSA) is 53.8 Å². The molecule has 17 heavy (non-hydrogen) atoms. The van der Waals surface area contributed by atoms with Gasteiger partial charge in [-0.3, -0.25) is 9.59 Å². The fourth-order valence-electron chi connectivity index (χ4n) is 1.83. The molecule has 2 amide bonds. The molecule has 1 aliphatic rings. The summed E-state index contributed by atoms with van der Waals surface area (Å²) in [4.78, 5) is 26.7. The maximum atomic E-state index is 11.9. The Kier molecular flexibility index (Phi) is 3.27. The summed E-state index contributed by atoms with van der Waals surface area (Å²) < 4.78 is 4.88. The number of rotatable bonds is 2. The second kappa shape index (κ2) is 4.86. The smallest absolute Gasteiger partial charge is 0.257 e. The quantitative estimate of drug-likeness (QED) is 0.709. The van der Waals surface area contributed by atoms with E-state index in [1.165, 1.54) is 18.6 Å². The van der Waals surface area contributed by atoms with E-state index in [0.29, 0.717) is 31.7 Å². The molecule has 5 nitrogen and oxygen atoms in total. The second-order valence-electron chi connectivity index (χ2n) is 3.83.